The monoisotopic (exact) mass is 301 g/mol. The van der Waals surface area contributed by atoms with Crippen molar-refractivity contribution in [3.8, 4) is 0 Å². The lowest BCUT2D eigenvalue weighted by Crippen LogP contribution is -2.42. The second-order valence-electron chi connectivity index (χ2n) is 5.41. The highest BCUT2D eigenvalue weighted by atomic mass is 32.2. The molecule has 106 valence electrons. The SMILES string of the molecule is COCC1(S(=O)(=O)N2CCCC2c2cccs2)CC1. The fourth-order valence-corrected chi connectivity index (χ4v) is 6.17. The van der Waals surface area contributed by atoms with Crippen LogP contribution in [0.2, 0.25) is 0 Å². The first-order chi connectivity index (χ1) is 9.11. The first-order valence-corrected chi connectivity index (χ1v) is 8.96. The summed E-state index contributed by atoms with van der Waals surface area (Å²) in [4.78, 5) is 1.16. The normalized spacial score (nSPS) is 26.7. The summed E-state index contributed by atoms with van der Waals surface area (Å²) in [7, 11) is -1.67. The van der Waals surface area contributed by atoms with E-state index in [2.05, 4.69) is 0 Å². The van der Waals surface area contributed by atoms with Crippen LogP contribution < -0.4 is 0 Å². The largest absolute Gasteiger partial charge is 0.383 e. The van der Waals surface area contributed by atoms with Crippen LogP contribution in [0.3, 0.4) is 0 Å². The van der Waals surface area contributed by atoms with Crippen molar-refractivity contribution in [2.45, 2.75) is 36.5 Å². The molecule has 1 aromatic rings. The van der Waals surface area contributed by atoms with Gasteiger partial charge in [-0.3, -0.25) is 0 Å². The highest BCUT2D eigenvalue weighted by Gasteiger charge is 2.58. The van der Waals surface area contributed by atoms with Crippen molar-refractivity contribution in [2.75, 3.05) is 20.3 Å². The molecule has 2 heterocycles. The molecule has 6 heteroatoms. The number of ether oxygens (including phenoxy) is 1. The van der Waals surface area contributed by atoms with E-state index < -0.39 is 14.8 Å². The molecule has 2 aliphatic rings. The molecule has 1 aliphatic heterocycles. The van der Waals surface area contributed by atoms with Crippen LogP contribution >= 0.6 is 11.3 Å². The van der Waals surface area contributed by atoms with Crippen LogP contribution in [0.15, 0.2) is 17.5 Å². The van der Waals surface area contributed by atoms with Crippen LogP contribution in [-0.4, -0.2) is 37.7 Å². The lowest BCUT2D eigenvalue weighted by molar-refractivity contribution is 0.188. The molecular formula is C13H19NO3S2. The third kappa shape index (κ3) is 2.14. The summed E-state index contributed by atoms with van der Waals surface area (Å²) in [6.07, 6.45) is 3.35. The van der Waals surface area contributed by atoms with Crippen molar-refractivity contribution >= 4 is 21.4 Å². The minimum Gasteiger partial charge on any atom is -0.383 e. The second kappa shape index (κ2) is 4.84. The fourth-order valence-electron chi connectivity index (χ4n) is 2.92. The molecule has 1 aliphatic carbocycles. The maximum absolute atomic E-state index is 12.9. The average Bonchev–Trinajstić information content (AvgIpc) is 2.86. The summed E-state index contributed by atoms with van der Waals surface area (Å²) in [5.74, 6) is 0. The van der Waals surface area contributed by atoms with Crippen LogP contribution in [0.1, 0.15) is 36.6 Å². The zero-order valence-electron chi connectivity index (χ0n) is 11.0. The molecule has 0 radical (unpaired) electrons. The van der Waals surface area contributed by atoms with Crippen LogP contribution in [0.25, 0.3) is 0 Å². The molecule has 0 bridgehead atoms. The second-order valence-corrected chi connectivity index (χ2v) is 8.67. The van der Waals surface area contributed by atoms with E-state index in [0.717, 1.165) is 30.6 Å². The summed E-state index contributed by atoms with van der Waals surface area (Å²) >= 11 is 1.65. The van der Waals surface area contributed by atoms with Gasteiger partial charge >= 0.3 is 0 Å². The van der Waals surface area contributed by atoms with E-state index >= 15 is 0 Å². The van der Waals surface area contributed by atoms with Crippen molar-refractivity contribution in [2.24, 2.45) is 0 Å². The third-order valence-electron chi connectivity index (χ3n) is 4.15. The first kappa shape index (κ1) is 13.5. The van der Waals surface area contributed by atoms with Gasteiger partial charge in [0.2, 0.25) is 10.0 Å². The number of thiophene rings is 1. The fraction of sp³-hybridized carbons (Fsp3) is 0.692. The lowest BCUT2D eigenvalue weighted by Gasteiger charge is -2.28. The summed E-state index contributed by atoms with van der Waals surface area (Å²) in [6.45, 7) is 0.972. The smallest absolute Gasteiger partial charge is 0.222 e. The highest BCUT2D eigenvalue weighted by Crippen LogP contribution is 2.49. The van der Waals surface area contributed by atoms with Gasteiger partial charge in [-0.25, -0.2) is 8.42 Å². The van der Waals surface area contributed by atoms with E-state index in [1.165, 1.54) is 0 Å². The number of hydrogen-bond acceptors (Lipinski definition) is 4. The standard InChI is InChI=1S/C13H19NO3S2/c1-17-10-13(6-7-13)19(15,16)14-8-2-4-11(14)12-5-3-9-18-12/h3,5,9,11H,2,4,6-8,10H2,1H3. The molecule has 0 amide bonds. The number of nitrogens with zero attached hydrogens (tertiary/aromatic N) is 1. The topological polar surface area (TPSA) is 46.6 Å². The van der Waals surface area contributed by atoms with Crippen LogP contribution in [-0.2, 0) is 14.8 Å². The molecule has 1 saturated heterocycles. The quantitative estimate of drug-likeness (QED) is 0.839. The molecule has 4 nitrogen and oxygen atoms in total. The van der Waals surface area contributed by atoms with Crippen molar-refractivity contribution in [1.82, 2.24) is 4.31 Å². The summed E-state index contributed by atoms with van der Waals surface area (Å²) in [5.41, 5.74) is 0. The van der Waals surface area contributed by atoms with Crippen LogP contribution in [0.4, 0.5) is 0 Å². The zero-order chi connectivity index (χ0) is 13.5. The van der Waals surface area contributed by atoms with Gasteiger partial charge in [-0.2, -0.15) is 4.31 Å². The van der Waals surface area contributed by atoms with Gasteiger partial charge in [0.15, 0.2) is 0 Å². The molecule has 1 aromatic heterocycles. The number of sulfonamides is 1. The first-order valence-electron chi connectivity index (χ1n) is 6.64. The van der Waals surface area contributed by atoms with Gasteiger partial charge in [-0.15, -0.1) is 11.3 Å². The van der Waals surface area contributed by atoms with Crippen LogP contribution in [0.5, 0.6) is 0 Å². The van der Waals surface area contributed by atoms with Crippen molar-refractivity contribution in [3.05, 3.63) is 22.4 Å². The van der Waals surface area contributed by atoms with E-state index in [0.29, 0.717) is 13.2 Å². The third-order valence-corrected chi connectivity index (χ3v) is 7.79. The highest BCUT2D eigenvalue weighted by molar-refractivity contribution is 7.90. The number of rotatable bonds is 5. The Morgan fingerprint density at radius 3 is 2.89 bits per heavy atom. The average molecular weight is 301 g/mol. The predicted octanol–water partition coefficient (Wildman–Crippen LogP) is 2.39. The summed E-state index contributed by atoms with van der Waals surface area (Å²) in [5, 5.41) is 2.01. The van der Waals surface area contributed by atoms with Gasteiger partial charge in [0.05, 0.1) is 12.6 Å². The Morgan fingerprint density at radius 2 is 2.32 bits per heavy atom. The Hall–Kier alpha value is -0.430. The number of methoxy groups -OCH3 is 1. The summed E-state index contributed by atoms with van der Waals surface area (Å²) < 4.78 is 32.0. The van der Waals surface area contributed by atoms with Crippen molar-refractivity contribution < 1.29 is 13.2 Å². The lowest BCUT2D eigenvalue weighted by atomic mass is 10.2. The molecule has 0 spiro atoms. The predicted molar refractivity (Wildman–Crippen MR) is 75.8 cm³/mol. The molecule has 2 fully saturated rings. The van der Waals surface area contributed by atoms with Gasteiger partial charge in [-0.1, -0.05) is 6.07 Å². The zero-order valence-corrected chi connectivity index (χ0v) is 12.7. The van der Waals surface area contributed by atoms with Crippen LogP contribution in [0, 0.1) is 0 Å². The molecule has 3 rings (SSSR count). The van der Waals surface area contributed by atoms with Gasteiger partial charge in [-0.05, 0) is 37.1 Å². The Bertz CT molecular complexity index is 534. The van der Waals surface area contributed by atoms with Gasteiger partial charge in [0.25, 0.3) is 0 Å². The van der Waals surface area contributed by atoms with Gasteiger partial charge in [0, 0.05) is 18.5 Å². The summed E-state index contributed by atoms with van der Waals surface area (Å²) in [6, 6.07) is 4.07. The van der Waals surface area contributed by atoms with E-state index in [-0.39, 0.29) is 6.04 Å². The van der Waals surface area contributed by atoms with E-state index in [1.54, 1.807) is 22.8 Å². The minimum absolute atomic E-state index is 0.0410. The maximum Gasteiger partial charge on any atom is 0.222 e. The molecule has 19 heavy (non-hydrogen) atoms. The number of hydrogen-bond donors (Lipinski definition) is 0. The van der Waals surface area contributed by atoms with Crippen molar-refractivity contribution in [3.63, 3.8) is 0 Å². The van der Waals surface area contributed by atoms with E-state index in [1.807, 2.05) is 17.5 Å². The Labute approximate surface area is 118 Å². The molecule has 1 atom stereocenters. The maximum atomic E-state index is 12.9. The van der Waals surface area contributed by atoms with Gasteiger partial charge < -0.3 is 4.74 Å². The Morgan fingerprint density at radius 1 is 1.53 bits per heavy atom. The van der Waals surface area contributed by atoms with E-state index in [9.17, 15) is 8.42 Å². The van der Waals surface area contributed by atoms with Crippen molar-refractivity contribution in [1.29, 1.82) is 0 Å². The molecular weight excluding hydrogens is 282 g/mol. The molecule has 0 N–H and O–H groups in total. The van der Waals surface area contributed by atoms with Gasteiger partial charge in [0.1, 0.15) is 4.75 Å². The minimum atomic E-state index is -3.25. The van der Waals surface area contributed by atoms with E-state index in [4.69, 9.17) is 4.74 Å². The molecule has 1 unspecified atom stereocenters. The molecule has 1 saturated carbocycles. The Balaban J connectivity index is 1.89. The molecule has 0 aromatic carbocycles. The Kier molecular flexibility index (Phi) is 3.45.